The molecular weight excluding hydrogens is 343 g/mol. The monoisotopic (exact) mass is 366 g/mol. The van der Waals surface area contributed by atoms with Crippen LogP contribution in [0.4, 0.5) is 4.39 Å². The Morgan fingerprint density at radius 2 is 1.96 bits per heavy atom. The third kappa shape index (κ3) is 4.41. The van der Waals surface area contributed by atoms with Crippen molar-refractivity contribution in [3.63, 3.8) is 0 Å². The molecule has 3 rings (SSSR count). The van der Waals surface area contributed by atoms with Crippen molar-refractivity contribution in [2.45, 2.75) is 19.5 Å². The van der Waals surface area contributed by atoms with E-state index in [9.17, 15) is 9.18 Å². The van der Waals surface area contributed by atoms with Gasteiger partial charge in [0.25, 0.3) is 0 Å². The van der Waals surface area contributed by atoms with Crippen molar-refractivity contribution in [3.8, 4) is 5.69 Å². The summed E-state index contributed by atoms with van der Waals surface area (Å²) >= 11 is 0. The standard InChI is InChI=1S/C21H23FN4O/c1-15-23-11-12-26(15)19-9-7-16(8-10-19)14-24-21(27)20(25(2)3)17-5-4-6-18(22)13-17/h4-13,20H,14H2,1-3H3,(H,24,27)/t20-/m1/s1. The molecule has 5 nitrogen and oxygen atoms in total. The summed E-state index contributed by atoms with van der Waals surface area (Å²) in [6, 6.07) is 13.5. The highest BCUT2D eigenvalue weighted by Gasteiger charge is 2.23. The van der Waals surface area contributed by atoms with E-state index in [1.165, 1.54) is 12.1 Å². The predicted octanol–water partition coefficient (Wildman–Crippen LogP) is 3.24. The number of hydrogen-bond donors (Lipinski definition) is 1. The summed E-state index contributed by atoms with van der Waals surface area (Å²) in [5.74, 6) is 0.401. The Morgan fingerprint density at radius 3 is 2.56 bits per heavy atom. The van der Waals surface area contributed by atoms with E-state index in [2.05, 4.69) is 10.3 Å². The van der Waals surface area contributed by atoms with Crippen molar-refractivity contribution in [1.29, 1.82) is 0 Å². The number of halogens is 1. The van der Waals surface area contributed by atoms with Crippen LogP contribution in [0.3, 0.4) is 0 Å². The molecule has 6 heteroatoms. The Kier molecular flexibility index (Phi) is 5.66. The molecule has 0 bridgehead atoms. The highest BCUT2D eigenvalue weighted by atomic mass is 19.1. The van der Waals surface area contributed by atoms with Crippen molar-refractivity contribution in [1.82, 2.24) is 19.8 Å². The Morgan fingerprint density at radius 1 is 1.22 bits per heavy atom. The first kappa shape index (κ1) is 18.8. The number of nitrogens with one attached hydrogen (secondary N) is 1. The lowest BCUT2D eigenvalue weighted by molar-refractivity contribution is -0.125. The molecule has 0 spiro atoms. The molecule has 2 aromatic carbocycles. The van der Waals surface area contributed by atoms with Crippen LogP contribution in [0.5, 0.6) is 0 Å². The van der Waals surface area contributed by atoms with E-state index in [1.807, 2.05) is 42.0 Å². The molecule has 0 aliphatic rings. The van der Waals surface area contributed by atoms with Gasteiger partial charge in [-0.25, -0.2) is 9.37 Å². The maximum absolute atomic E-state index is 13.5. The summed E-state index contributed by atoms with van der Waals surface area (Å²) in [7, 11) is 3.61. The highest BCUT2D eigenvalue weighted by Crippen LogP contribution is 2.19. The lowest BCUT2D eigenvalue weighted by Crippen LogP contribution is -2.36. The summed E-state index contributed by atoms with van der Waals surface area (Å²) in [5, 5.41) is 2.94. The normalized spacial score (nSPS) is 12.2. The van der Waals surface area contributed by atoms with Crippen LogP contribution in [-0.4, -0.2) is 34.5 Å². The summed E-state index contributed by atoms with van der Waals surface area (Å²) in [5.41, 5.74) is 2.64. The van der Waals surface area contributed by atoms with Crippen molar-refractivity contribution < 1.29 is 9.18 Å². The molecule has 1 amide bonds. The number of rotatable bonds is 6. The number of aryl methyl sites for hydroxylation is 1. The van der Waals surface area contributed by atoms with Crippen molar-refractivity contribution in [2.24, 2.45) is 0 Å². The molecule has 1 heterocycles. The van der Waals surface area contributed by atoms with Gasteiger partial charge in [-0.15, -0.1) is 0 Å². The fourth-order valence-electron chi connectivity index (χ4n) is 3.07. The van der Waals surface area contributed by atoms with E-state index in [-0.39, 0.29) is 11.7 Å². The maximum atomic E-state index is 13.5. The number of imidazole rings is 1. The zero-order valence-corrected chi connectivity index (χ0v) is 15.7. The van der Waals surface area contributed by atoms with Crippen LogP contribution in [0, 0.1) is 12.7 Å². The van der Waals surface area contributed by atoms with Crippen LogP contribution < -0.4 is 5.32 Å². The van der Waals surface area contributed by atoms with Gasteiger partial charge in [-0.05, 0) is 56.4 Å². The number of hydrogen-bond acceptors (Lipinski definition) is 3. The average molecular weight is 366 g/mol. The Hall–Kier alpha value is -2.99. The van der Waals surface area contributed by atoms with E-state index < -0.39 is 6.04 Å². The second-order valence-corrected chi connectivity index (χ2v) is 6.65. The van der Waals surface area contributed by atoms with Gasteiger partial charge in [-0.1, -0.05) is 24.3 Å². The molecule has 140 valence electrons. The van der Waals surface area contributed by atoms with Gasteiger partial charge in [-0.3, -0.25) is 9.69 Å². The molecule has 3 aromatic rings. The van der Waals surface area contributed by atoms with Crippen LogP contribution in [0.25, 0.3) is 5.69 Å². The van der Waals surface area contributed by atoms with Gasteiger partial charge in [0.2, 0.25) is 5.91 Å². The van der Waals surface area contributed by atoms with Crippen molar-refractivity contribution in [2.75, 3.05) is 14.1 Å². The predicted molar refractivity (Wildman–Crippen MR) is 103 cm³/mol. The molecule has 1 atom stereocenters. The molecule has 0 aliphatic heterocycles. The molecule has 0 saturated carbocycles. The van der Waals surface area contributed by atoms with Gasteiger partial charge in [-0.2, -0.15) is 0 Å². The van der Waals surface area contributed by atoms with Crippen LogP contribution in [-0.2, 0) is 11.3 Å². The van der Waals surface area contributed by atoms with Gasteiger partial charge in [0.05, 0.1) is 0 Å². The molecule has 0 aliphatic carbocycles. The van der Waals surface area contributed by atoms with Crippen molar-refractivity contribution in [3.05, 3.63) is 83.7 Å². The molecule has 1 aromatic heterocycles. The van der Waals surface area contributed by atoms with Crippen LogP contribution >= 0.6 is 0 Å². The fourth-order valence-corrected chi connectivity index (χ4v) is 3.07. The van der Waals surface area contributed by atoms with E-state index in [0.29, 0.717) is 12.1 Å². The largest absolute Gasteiger partial charge is 0.350 e. The van der Waals surface area contributed by atoms with Crippen LogP contribution in [0.2, 0.25) is 0 Å². The average Bonchev–Trinajstić information content (AvgIpc) is 3.06. The van der Waals surface area contributed by atoms with Gasteiger partial charge < -0.3 is 9.88 Å². The van der Waals surface area contributed by atoms with Crippen LogP contribution in [0.1, 0.15) is 23.0 Å². The molecule has 0 radical (unpaired) electrons. The Labute approximate surface area is 158 Å². The first-order valence-corrected chi connectivity index (χ1v) is 8.74. The zero-order chi connectivity index (χ0) is 19.4. The third-order valence-corrected chi connectivity index (χ3v) is 4.44. The fraction of sp³-hybridized carbons (Fsp3) is 0.238. The highest BCUT2D eigenvalue weighted by molar-refractivity contribution is 5.83. The van der Waals surface area contributed by atoms with Gasteiger partial charge >= 0.3 is 0 Å². The molecule has 0 unspecified atom stereocenters. The zero-order valence-electron chi connectivity index (χ0n) is 15.7. The maximum Gasteiger partial charge on any atom is 0.242 e. The van der Waals surface area contributed by atoms with Gasteiger partial charge in [0.1, 0.15) is 17.7 Å². The second kappa shape index (κ2) is 8.14. The third-order valence-electron chi connectivity index (χ3n) is 4.44. The summed E-state index contributed by atoms with van der Waals surface area (Å²) in [6.07, 6.45) is 3.67. The number of carbonyl (C=O) groups is 1. The van der Waals surface area contributed by atoms with Gasteiger partial charge in [0.15, 0.2) is 0 Å². The topological polar surface area (TPSA) is 50.2 Å². The lowest BCUT2D eigenvalue weighted by atomic mass is 10.0. The molecule has 0 saturated heterocycles. The smallest absolute Gasteiger partial charge is 0.242 e. The van der Waals surface area contributed by atoms with Crippen LogP contribution in [0.15, 0.2) is 60.9 Å². The summed E-state index contributed by atoms with van der Waals surface area (Å²) in [4.78, 5) is 18.7. The minimum atomic E-state index is -0.548. The number of aromatic nitrogens is 2. The van der Waals surface area contributed by atoms with E-state index >= 15 is 0 Å². The number of likely N-dealkylation sites (N-methyl/N-ethyl adjacent to an activating group) is 1. The summed E-state index contributed by atoms with van der Waals surface area (Å²) in [6.45, 7) is 2.35. The quantitative estimate of drug-likeness (QED) is 0.729. The first-order chi connectivity index (χ1) is 13.0. The first-order valence-electron chi connectivity index (χ1n) is 8.74. The van der Waals surface area contributed by atoms with Gasteiger partial charge in [0, 0.05) is 24.6 Å². The molecule has 0 fully saturated rings. The Bertz CT molecular complexity index is 918. The lowest BCUT2D eigenvalue weighted by Gasteiger charge is -2.24. The minimum absolute atomic E-state index is 0.167. The number of carbonyl (C=O) groups excluding carboxylic acids is 1. The number of amides is 1. The molecule has 27 heavy (non-hydrogen) atoms. The number of benzene rings is 2. The molecule has 1 N–H and O–H groups in total. The van der Waals surface area contributed by atoms with Crippen molar-refractivity contribution >= 4 is 5.91 Å². The summed E-state index contributed by atoms with van der Waals surface area (Å²) < 4.78 is 15.5. The minimum Gasteiger partial charge on any atom is -0.350 e. The van der Waals surface area contributed by atoms with E-state index in [0.717, 1.165) is 17.1 Å². The molecular formula is C21H23FN4O. The SMILES string of the molecule is Cc1nccn1-c1ccc(CNC(=O)[C@@H](c2cccc(F)c2)N(C)C)cc1. The van der Waals surface area contributed by atoms with E-state index in [1.54, 1.807) is 37.3 Å². The number of nitrogens with zero attached hydrogens (tertiary/aromatic N) is 3. The second-order valence-electron chi connectivity index (χ2n) is 6.65. The van der Waals surface area contributed by atoms with E-state index in [4.69, 9.17) is 0 Å². The Balaban J connectivity index is 1.68.